The summed E-state index contributed by atoms with van der Waals surface area (Å²) in [6, 6.07) is 8.07. The van der Waals surface area contributed by atoms with Gasteiger partial charge < -0.3 is 0 Å². The van der Waals surface area contributed by atoms with Crippen molar-refractivity contribution in [1.82, 2.24) is 24.7 Å². The lowest BCUT2D eigenvalue weighted by atomic mass is 10.2. The van der Waals surface area contributed by atoms with E-state index in [0.717, 1.165) is 11.3 Å². The third-order valence-electron chi connectivity index (χ3n) is 3.92. The van der Waals surface area contributed by atoms with E-state index in [2.05, 4.69) is 24.7 Å². The van der Waals surface area contributed by atoms with Crippen molar-refractivity contribution in [1.29, 1.82) is 0 Å². The normalized spacial score (nSPS) is 11.5. The van der Waals surface area contributed by atoms with Gasteiger partial charge in [0, 0.05) is 35.6 Å². The number of carbonyl (C=O) groups excluding carboxylic acids is 1. The number of hydrogen-bond donors (Lipinski definition) is 1. The fourth-order valence-corrected chi connectivity index (χ4v) is 4.83. The summed E-state index contributed by atoms with van der Waals surface area (Å²) in [6.07, 6.45) is 6.20. The minimum atomic E-state index is -4.09. The van der Waals surface area contributed by atoms with E-state index < -0.39 is 15.9 Å². The molecule has 0 saturated heterocycles. The van der Waals surface area contributed by atoms with Crippen LogP contribution >= 0.6 is 11.3 Å². The van der Waals surface area contributed by atoms with Gasteiger partial charge in [0.1, 0.15) is 4.88 Å². The zero-order valence-corrected chi connectivity index (χ0v) is 16.2. The average Bonchev–Trinajstić information content (AvgIpc) is 3.10. The van der Waals surface area contributed by atoms with E-state index in [-0.39, 0.29) is 9.77 Å². The Morgan fingerprint density at radius 1 is 1.07 bits per heavy atom. The molecule has 10 heteroatoms. The van der Waals surface area contributed by atoms with Crippen LogP contribution in [0.25, 0.3) is 21.6 Å². The molecule has 28 heavy (non-hydrogen) atoms. The van der Waals surface area contributed by atoms with E-state index in [4.69, 9.17) is 0 Å². The highest BCUT2D eigenvalue weighted by Crippen LogP contribution is 2.26. The molecule has 0 aliphatic rings. The van der Waals surface area contributed by atoms with Crippen LogP contribution in [0.2, 0.25) is 0 Å². The van der Waals surface area contributed by atoms with E-state index in [0.29, 0.717) is 27.3 Å². The third kappa shape index (κ3) is 3.35. The molecule has 4 aromatic rings. The summed E-state index contributed by atoms with van der Waals surface area (Å²) < 4.78 is 27.8. The highest BCUT2D eigenvalue weighted by Gasteiger charge is 2.24. The number of amides is 1. The number of fused-ring (bicyclic) bond motifs is 1. The Kier molecular flexibility index (Phi) is 4.57. The van der Waals surface area contributed by atoms with E-state index in [1.807, 2.05) is 0 Å². The molecular weight excluding hydrogens is 398 g/mol. The summed E-state index contributed by atoms with van der Waals surface area (Å²) >= 11 is 1.04. The number of aryl methyl sites for hydroxylation is 1. The van der Waals surface area contributed by atoms with Gasteiger partial charge >= 0.3 is 0 Å². The summed E-state index contributed by atoms with van der Waals surface area (Å²) in [5.74, 6) is -0.373. The average molecular weight is 411 g/mol. The van der Waals surface area contributed by atoms with Crippen molar-refractivity contribution >= 4 is 38.0 Å². The van der Waals surface area contributed by atoms with Gasteiger partial charge in [-0.15, -0.1) is 11.3 Å². The van der Waals surface area contributed by atoms with Gasteiger partial charge in [-0.05, 0) is 25.1 Å². The molecule has 3 heterocycles. The summed E-state index contributed by atoms with van der Waals surface area (Å²) in [6.45, 7) is 1.63. The topological polar surface area (TPSA) is 115 Å². The molecule has 1 aromatic carbocycles. The Balaban J connectivity index is 1.67. The number of sulfonamides is 1. The van der Waals surface area contributed by atoms with Crippen molar-refractivity contribution < 1.29 is 13.2 Å². The van der Waals surface area contributed by atoms with E-state index in [1.54, 1.807) is 49.8 Å². The van der Waals surface area contributed by atoms with Crippen molar-refractivity contribution in [3.63, 3.8) is 0 Å². The quantitative estimate of drug-likeness (QED) is 0.549. The molecule has 1 N–H and O–H groups in total. The van der Waals surface area contributed by atoms with Gasteiger partial charge in [0.05, 0.1) is 10.6 Å². The first-order chi connectivity index (χ1) is 13.5. The molecule has 0 radical (unpaired) electrons. The van der Waals surface area contributed by atoms with Crippen LogP contribution in [-0.2, 0) is 10.0 Å². The highest BCUT2D eigenvalue weighted by atomic mass is 32.2. The van der Waals surface area contributed by atoms with E-state index in [9.17, 15) is 13.2 Å². The summed E-state index contributed by atoms with van der Waals surface area (Å²) in [5.41, 5.74) is 0.405. The summed E-state index contributed by atoms with van der Waals surface area (Å²) in [4.78, 5) is 29.3. The van der Waals surface area contributed by atoms with Crippen LogP contribution in [0.4, 0.5) is 0 Å². The zero-order valence-electron chi connectivity index (χ0n) is 14.5. The maximum absolute atomic E-state index is 12.8. The Hall–Kier alpha value is -3.24. The lowest BCUT2D eigenvalue weighted by molar-refractivity contribution is 0.0984. The number of rotatable bonds is 4. The number of benzene rings is 1. The molecule has 0 aliphatic carbocycles. The molecular formula is C18H13N5O3S2. The summed E-state index contributed by atoms with van der Waals surface area (Å²) in [7, 11) is -4.09. The number of thiazole rings is 1. The molecule has 3 aromatic heterocycles. The SMILES string of the molecule is Cc1nc(-c2ncccn2)sc1C(=O)NS(=O)(=O)c1cccc2cnccc12. The fraction of sp³-hybridized carbons (Fsp3) is 0.0556. The molecule has 0 atom stereocenters. The molecule has 0 spiro atoms. The predicted molar refractivity (Wildman–Crippen MR) is 104 cm³/mol. The second-order valence-corrected chi connectivity index (χ2v) is 8.44. The Bertz CT molecular complexity index is 1280. The lowest BCUT2D eigenvalue weighted by Crippen LogP contribution is -2.30. The first-order valence-electron chi connectivity index (χ1n) is 8.10. The lowest BCUT2D eigenvalue weighted by Gasteiger charge is -2.09. The monoisotopic (exact) mass is 411 g/mol. The maximum atomic E-state index is 12.8. The van der Waals surface area contributed by atoms with Crippen LogP contribution in [-0.4, -0.2) is 34.3 Å². The van der Waals surface area contributed by atoms with Crippen LogP contribution in [0.5, 0.6) is 0 Å². The van der Waals surface area contributed by atoms with Gasteiger partial charge in [-0.2, -0.15) is 0 Å². The van der Waals surface area contributed by atoms with Crippen molar-refractivity contribution in [3.8, 4) is 10.8 Å². The molecule has 8 nitrogen and oxygen atoms in total. The Morgan fingerprint density at radius 2 is 1.86 bits per heavy atom. The Morgan fingerprint density at radius 3 is 2.64 bits per heavy atom. The van der Waals surface area contributed by atoms with E-state index in [1.165, 1.54) is 12.3 Å². The van der Waals surface area contributed by atoms with Gasteiger partial charge in [0.15, 0.2) is 10.8 Å². The summed E-state index contributed by atoms with van der Waals surface area (Å²) in [5, 5.41) is 1.59. The first-order valence-corrected chi connectivity index (χ1v) is 10.4. The number of nitrogens with zero attached hydrogens (tertiary/aromatic N) is 4. The van der Waals surface area contributed by atoms with Crippen molar-refractivity contribution in [2.45, 2.75) is 11.8 Å². The molecule has 0 bridgehead atoms. The van der Waals surface area contributed by atoms with Gasteiger partial charge in [0.2, 0.25) is 0 Å². The van der Waals surface area contributed by atoms with Gasteiger partial charge in [-0.1, -0.05) is 12.1 Å². The van der Waals surface area contributed by atoms with Crippen LogP contribution in [0, 0.1) is 6.92 Å². The first kappa shape index (κ1) is 18.1. The molecule has 1 amide bonds. The molecule has 4 rings (SSSR count). The van der Waals surface area contributed by atoms with Gasteiger partial charge in [-0.25, -0.2) is 28.1 Å². The second-order valence-electron chi connectivity index (χ2n) is 5.79. The fourth-order valence-electron chi connectivity index (χ4n) is 2.66. The highest BCUT2D eigenvalue weighted by molar-refractivity contribution is 7.90. The smallest absolute Gasteiger partial charge is 0.267 e. The van der Waals surface area contributed by atoms with E-state index >= 15 is 0 Å². The van der Waals surface area contributed by atoms with Crippen molar-refractivity contribution in [3.05, 3.63) is 65.7 Å². The van der Waals surface area contributed by atoms with Gasteiger partial charge in [-0.3, -0.25) is 9.78 Å². The van der Waals surface area contributed by atoms with Crippen LogP contribution in [0.1, 0.15) is 15.4 Å². The number of nitrogens with one attached hydrogen (secondary N) is 1. The minimum absolute atomic E-state index is 0.00883. The van der Waals surface area contributed by atoms with Crippen LogP contribution in [0.3, 0.4) is 0 Å². The minimum Gasteiger partial charge on any atom is -0.267 e. The zero-order chi connectivity index (χ0) is 19.7. The molecule has 0 unspecified atom stereocenters. The number of carbonyl (C=O) groups is 1. The third-order valence-corrected chi connectivity index (χ3v) is 6.46. The molecule has 140 valence electrons. The van der Waals surface area contributed by atoms with Crippen LogP contribution < -0.4 is 4.72 Å². The number of pyridine rings is 1. The molecule has 0 aliphatic heterocycles. The number of hydrogen-bond acceptors (Lipinski definition) is 8. The van der Waals surface area contributed by atoms with Crippen molar-refractivity contribution in [2.24, 2.45) is 0 Å². The van der Waals surface area contributed by atoms with Crippen LogP contribution in [0.15, 0.2) is 60.0 Å². The Labute approximate surface area is 164 Å². The standard InChI is InChI=1S/C18H13N5O3S2/c1-11-15(27-18(22-11)16-20-7-3-8-21-16)17(24)23-28(25,26)14-5-2-4-12-10-19-9-6-13(12)14/h2-10H,1H3,(H,23,24). The van der Waals surface area contributed by atoms with Gasteiger partial charge in [0.25, 0.3) is 15.9 Å². The largest absolute Gasteiger partial charge is 0.277 e. The molecule has 0 saturated carbocycles. The molecule has 0 fully saturated rings. The predicted octanol–water partition coefficient (Wildman–Crippen LogP) is 2.58. The van der Waals surface area contributed by atoms with Crippen molar-refractivity contribution in [2.75, 3.05) is 0 Å². The second kappa shape index (κ2) is 7.06. The maximum Gasteiger partial charge on any atom is 0.277 e. The number of aromatic nitrogens is 4.